The first-order chi connectivity index (χ1) is 8.63. The molecule has 0 spiro atoms. The summed E-state index contributed by atoms with van der Waals surface area (Å²) in [7, 11) is 1.24. The summed E-state index contributed by atoms with van der Waals surface area (Å²) in [5.41, 5.74) is -0.485. The van der Waals surface area contributed by atoms with Crippen molar-refractivity contribution in [2.45, 2.75) is 17.9 Å². The predicted octanol–water partition coefficient (Wildman–Crippen LogP) is 0.194. The molecule has 1 aliphatic rings. The molecule has 2 atom stereocenters. The smallest absolute Gasteiger partial charge is 0.334 e. The zero-order valence-electron chi connectivity index (χ0n) is 10.1. The van der Waals surface area contributed by atoms with Crippen molar-refractivity contribution in [2.24, 2.45) is 0 Å². The molecule has 0 aliphatic carbocycles. The molecule has 1 amide bonds. The van der Waals surface area contributed by atoms with Gasteiger partial charge in [-0.2, -0.15) is 0 Å². The summed E-state index contributed by atoms with van der Waals surface area (Å²) in [6, 6.07) is 9.18. The Kier molecular flexibility index (Phi) is 3.34. The average molecular weight is 249 g/mol. The Bertz CT molecular complexity index is 459. The van der Waals surface area contributed by atoms with E-state index in [1.807, 2.05) is 30.3 Å². The summed E-state index contributed by atoms with van der Waals surface area (Å²) in [6.45, 7) is -0.464. The number of benzene rings is 1. The van der Waals surface area contributed by atoms with E-state index in [-0.39, 0.29) is 12.3 Å². The van der Waals surface area contributed by atoms with Crippen LogP contribution in [-0.4, -0.2) is 36.2 Å². The number of amides is 1. The minimum Gasteiger partial charge on any atom is -0.467 e. The minimum absolute atomic E-state index is 0.207. The molecular weight excluding hydrogens is 234 g/mol. The summed E-state index contributed by atoms with van der Waals surface area (Å²) in [5.74, 6) is -1.31. The van der Waals surface area contributed by atoms with Crippen LogP contribution >= 0.6 is 0 Å². The highest BCUT2D eigenvalue weighted by Gasteiger charge is 2.50. The van der Waals surface area contributed by atoms with Crippen LogP contribution in [0.1, 0.15) is 17.9 Å². The zero-order chi connectivity index (χ0) is 13.2. The van der Waals surface area contributed by atoms with Crippen molar-refractivity contribution in [3.8, 4) is 0 Å². The molecule has 1 aromatic carbocycles. The van der Waals surface area contributed by atoms with Gasteiger partial charge in [0, 0.05) is 0 Å². The van der Waals surface area contributed by atoms with Gasteiger partial charge in [-0.1, -0.05) is 30.3 Å². The molecule has 5 nitrogen and oxygen atoms in total. The number of hydrogen-bond acceptors (Lipinski definition) is 4. The van der Waals surface area contributed by atoms with Crippen LogP contribution in [0, 0.1) is 0 Å². The molecule has 0 aromatic heterocycles. The zero-order valence-corrected chi connectivity index (χ0v) is 10.1. The maximum Gasteiger partial charge on any atom is 0.334 e. The van der Waals surface area contributed by atoms with Crippen molar-refractivity contribution in [3.63, 3.8) is 0 Å². The first-order valence-electron chi connectivity index (χ1n) is 5.69. The molecular formula is C13H15NO4. The largest absolute Gasteiger partial charge is 0.467 e. The lowest BCUT2D eigenvalue weighted by Gasteiger charge is -2.23. The molecule has 0 unspecified atom stereocenters. The van der Waals surface area contributed by atoms with E-state index in [4.69, 9.17) is 0 Å². The van der Waals surface area contributed by atoms with Crippen molar-refractivity contribution in [2.75, 3.05) is 13.7 Å². The van der Waals surface area contributed by atoms with Gasteiger partial charge in [-0.05, 0) is 12.0 Å². The highest BCUT2D eigenvalue weighted by Crippen LogP contribution is 2.33. The molecule has 5 heteroatoms. The second kappa shape index (κ2) is 4.78. The number of hydrogen-bond donors (Lipinski definition) is 2. The van der Waals surface area contributed by atoms with Crippen molar-refractivity contribution in [3.05, 3.63) is 35.9 Å². The number of aliphatic hydroxyl groups is 1. The molecule has 1 aromatic rings. The SMILES string of the molecule is COC(=O)[C@@]1(CO)C[C@H](c2ccccc2)C(=O)N1. The molecule has 0 bridgehead atoms. The average Bonchev–Trinajstić information content (AvgIpc) is 2.77. The number of nitrogens with one attached hydrogen (secondary N) is 1. The fourth-order valence-electron chi connectivity index (χ4n) is 2.27. The van der Waals surface area contributed by atoms with Gasteiger partial charge in [0.25, 0.3) is 0 Å². The monoisotopic (exact) mass is 249 g/mol. The lowest BCUT2D eigenvalue weighted by atomic mass is 9.89. The Morgan fingerprint density at radius 2 is 2.17 bits per heavy atom. The number of carbonyl (C=O) groups is 2. The normalized spacial score (nSPS) is 26.8. The maximum atomic E-state index is 11.9. The van der Waals surface area contributed by atoms with Gasteiger partial charge in [0.15, 0.2) is 5.54 Å². The van der Waals surface area contributed by atoms with Gasteiger partial charge in [-0.25, -0.2) is 4.79 Å². The second-order valence-corrected chi connectivity index (χ2v) is 4.39. The first-order valence-corrected chi connectivity index (χ1v) is 5.69. The molecule has 2 rings (SSSR count). The second-order valence-electron chi connectivity index (χ2n) is 4.39. The number of rotatable bonds is 3. The summed E-state index contributed by atoms with van der Waals surface area (Å²) in [5, 5.41) is 11.9. The minimum atomic E-state index is -1.31. The highest BCUT2D eigenvalue weighted by molar-refractivity contribution is 5.95. The third-order valence-electron chi connectivity index (χ3n) is 3.28. The van der Waals surface area contributed by atoms with E-state index in [2.05, 4.69) is 10.1 Å². The van der Waals surface area contributed by atoms with Crippen LogP contribution < -0.4 is 5.32 Å². The number of carbonyl (C=O) groups excluding carboxylic acids is 2. The van der Waals surface area contributed by atoms with E-state index in [0.717, 1.165) is 5.56 Å². The lowest BCUT2D eigenvalue weighted by Crippen LogP contribution is -2.52. The molecule has 18 heavy (non-hydrogen) atoms. The Balaban J connectivity index is 2.28. The molecule has 0 radical (unpaired) electrons. The Morgan fingerprint density at radius 1 is 1.50 bits per heavy atom. The van der Waals surface area contributed by atoms with E-state index in [0.29, 0.717) is 0 Å². The Labute approximate surface area is 105 Å². The van der Waals surface area contributed by atoms with Crippen LogP contribution in [0.3, 0.4) is 0 Å². The molecule has 96 valence electrons. The molecule has 1 saturated heterocycles. The molecule has 1 fully saturated rings. The quantitative estimate of drug-likeness (QED) is 0.750. The lowest BCUT2D eigenvalue weighted by molar-refractivity contribution is -0.150. The van der Waals surface area contributed by atoms with Gasteiger partial charge in [-0.15, -0.1) is 0 Å². The van der Waals surface area contributed by atoms with Gasteiger partial charge in [0.2, 0.25) is 5.91 Å². The topological polar surface area (TPSA) is 75.6 Å². The van der Waals surface area contributed by atoms with Crippen LogP contribution in [0.5, 0.6) is 0 Å². The number of esters is 1. The summed E-state index contributed by atoms with van der Waals surface area (Å²) < 4.78 is 4.65. The highest BCUT2D eigenvalue weighted by atomic mass is 16.5. The summed E-state index contributed by atoms with van der Waals surface area (Å²) in [6.07, 6.45) is 0.207. The molecule has 2 N–H and O–H groups in total. The van der Waals surface area contributed by atoms with Crippen LogP contribution in [0.15, 0.2) is 30.3 Å². The van der Waals surface area contributed by atoms with E-state index in [9.17, 15) is 14.7 Å². The van der Waals surface area contributed by atoms with Crippen molar-refractivity contribution < 1.29 is 19.4 Å². The first kappa shape index (κ1) is 12.6. The number of methoxy groups -OCH3 is 1. The van der Waals surface area contributed by atoms with Crippen molar-refractivity contribution in [1.29, 1.82) is 0 Å². The third-order valence-corrected chi connectivity index (χ3v) is 3.28. The van der Waals surface area contributed by atoms with E-state index >= 15 is 0 Å². The van der Waals surface area contributed by atoms with Crippen LogP contribution in [0.25, 0.3) is 0 Å². The van der Waals surface area contributed by atoms with E-state index < -0.39 is 24.0 Å². The van der Waals surface area contributed by atoms with Gasteiger partial charge >= 0.3 is 5.97 Å². The predicted molar refractivity (Wildman–Crippen MR) is 63.8 cm³/mol. The van der Waals surface area contributed by atoms with Crippen LogP contribution in [0.2, 0.25) is 0 Å². The van der Waals surface area contributed by atoms with Gasteiger partial charge < -0.3 is 15.2 Å². The Morgan fingerprint density at radius 3 is 2.72 bits per heavy atom. The third kappa shape index (κ3) is 1.97. The molecule has 1 heterocycles. The fourth-order valence-corrected chi connectivity index (χ4v) is 2.27. The number of aliphatic hydroxyl groups excluding tert-OH is 1. The van der Waals surface area contributed by atoms with Gasteiger partial charge in [0.05, 0.1) is 19.6 Å². The molecule has 1 aliphatic heterocycles. The van der Waals surface area contributed by atoms with E-state index in [1.165, 1.54) is 7.11 Å². The van der Waals surface area contributed by atoms with E-state index in [1.54, 1.807) is 0 Å². The summed E-state index contributed by atoms with van der Waals surface area (Å²) >= 11 is 0. The molecule has 0 saturated carbocycles. The maximum absolute atomic E-state index is 11.9. The number of ether oxygens (including phenoxy) is 1. The van der Waals surface area contributed by atoms with Gasteiger partial charge in [-0.3, -0.25) is 4.79 Å². The summed E-state index contributed by atoms with van der Waals surface area (Å²) in [4.78, 5) is 23.6. The standard InChI is InChI=1S/C13H15NO4/c1-18-12(17)13(8-15)7-10(11(16)14-13)9-5-3-2-4-6-9/h2-6,10,15H,7-8H2,1H3,(H,14,16)/t10-,13+/m1/s1. The Hall–Kier alpha value is -1.88. The fraction of sp³-hybridized carbons (Fsp3) is 0.385. The van der Waals surface area contributed by atoms with Crippen LogP contribution in [-0.2, 0) is 14.3 Å². The van der Waals surface area contributed by atoms with Gasteiger partial charge in [0.1, 0.15) is 0 Å². The van der Waals surface area contributed by atoms with Crippen molar-refractivity contribution >= 4 is 11.9 Å². The van der Waals surface area contributed by atoms with Crippen molar-refractivity contribution in [1.82, 2.24) is 5.32 Å². The van der Waals surface area contributed by atoms with Crippen LogP contribution in [0.4, 0.5) is 0 Å².